The van der Waals surface area contributed by atoms with Crippen LogP contribution in [0.1, 0.15) is 33.3 Å². The Morgan fingerprint density at radius 1 is 1.14 bits per heavy atom. The molecular weight excluding hydrogens is 374 g/mol. The summed E-state index contributed by atoms with van der Waals surface area (Å²) in [6, 6.07) is 14.8. The summed E-state index contributed by atoms with van der Waals surface area (Å²) in [5.74, 6) is -0.108. The minimum Gasteiger partial charge on any atom is -0.434 e. The summed E-state index contributed by atoms with van der Waals surface area (Å²) in [5.41, 5.74) is 2.68. The number of anilines is 1. The van der Waals surface area contributed by atoms with Gasteiger partial charge in [0.25, 0.3) is 5.91 Å². The first-order valence-corrected chi connectivity index (χ1v) is 8.88. The molecule has 1 heterocycles. The van der Waals surface area contributed by atoms with E-state index < -0.39 is 6.16 Å². The molecule has 2 aromatic carbocycles. The molecule has 0 saturated heterocycles. The van der Waals surface area contributed by atoms with Gasteiger partial charge in [0.15, 0.2) is 0 Å². The van der Waals surface area contributed by atoms with Gasteiger partial charge in [-0.15, -0.1) is 0 Å². The van der Waals surface area contributed by atoms with E-state index in [0.29, 0.717) is 34.5 Å². The summed E-state index contributed by atoms with van der Waals surface area (Å²) in [7, 11) is 0. The Hall–Kier alpha value is -3.94. The standard InChI is InChI=1S/C21H19N3O5/c1-3-28-21(27)29-19-11-14(2)23-24(19)18-9-7-16(8-10-18)20(26)22-17-6-4-5-15(12-17)13-25/h4-13H,3H2,1-2H3,(H,22,26). The van der Waals surface area contributed by atoms with Crippen LogP contribution < -0.4 is 10.1 Å². The van der Waals surface area contributed by atoms with Gasteiger partial charge in [-0.3, -0.25) is 9.59 Å². The average molecular weight is 393 g/mol. The molecule has 8 heteroatoms. The largest absolute Gasteiger partial charge is 0.515 e. The first-order chi connectivity index (χ1) is 14.0. The number of benzene rings is 2. The Balaban J connectivity index is 1.77. The molecule has 3 rings (SSSR count). The third-order valence-electron chi connectivity index (χ3n) is 3.90. The Morgan fingerprint density at radius 3 is 2.59 bits per heavy atom. The number of hydrogen-bond donors (Lipinski definition) is 1. The van der Waals surface area contributed by atoms with E-state index in [9.17, 15) is 14.4 Å². The fraction of sp³-hybridized carbons (Fsp3) is 0.143. The van der Waals surface area contributed by atoms with Crippen molar-refractivity contribution in [2.75, 3.05) is 11.9 Å². The normalized spacial score (nSPS) is 10.3. The predicted molar refractivity (Wildman–Crippen MR) is 106 cm³/mol. The molecule has 29 heavy (non-hydrogen) atoms. The molecule has 0 radical (unpaired) electrons. The number of carbonyl (C=O) groups excluding carboxylic acids is 3. The third kappa shape index (κ3) is 4.86. The van der Waals surface area contributed by atoms with Gasteiger partial charge in [0, 0.05) is 22.9 Å². The van der Waals surface area contributed by atoms with Crippen molar-refractivity contribution in [2.24, 2.45) is 0 Å². The minimum absolute atomic E-state index is 0.200. The summed E-state index contributed by atoms with van der Waals surface area (Å²) in [4.78, 5) is 34.9. The zero-order chi connectivity index (χ0) is 20.8. The van der Waals surface area contributed by atoms with Crippen molar-refractivity contribution in [3.05, 3.63) is 71.4 Å². The molecule has 0 atom stereocenters. The molecule has 0 aliphatic heterocycles. The number of ether oxygens (including phenoxy) is 2. The van der Waals surface area contributed by atoms with E-state index in [1.807, 2.05) is 0 Å². The monoisotopic (exact) mass is 393 g/mol. The Morgan fingerprint density at radius 2 is 1.90 bits per heavy atom. The Bertz CT molecular complexity index is 1040. The zero-order valence-corrected chi connectivity index (χ0v) is 15.9. The molecule has 148 valence electrons. The molecule has 1 amide bonds. The van der Waals surface area contributed by atoms with Crippen LogP contribution in [0.3, 0.4) is 0 Å². The fourth-order valence-electron chi connectivity index (χ4n) is 2.61. The van der Waals surface area contributed by atoms with Gasteiger partial charge in [-0.05, 0) is 50.2 Å². The van der Waals surface area contributed by atoms with E-state index in [2.05, 4.69) is 10.4 Å². The second-order valence-electron chi connectivity index (χ2n) is 6.07. The number of aldehydes is 1. The Labute approximate surface area is 167 Å². The molecule has 3 aromatic rings. The molecular formula is C21H19N3O5. The van der Waals surface area contributed by atoms with Crippen LogP contribution in [0.25, 0.3) is 5.69 Å². The summed E-state index contributed by atoms with van der Waals surface area (Å²) >= 11 is 0. The van der Waals surface area contributed by atoms with Crippen LogP contribution in [-0.2, 0) is 4.74 Å². The van der Waals surface area contributed by atoms with Gasteiger partial charge < -0.3 is 14.8 Å². The number of amides is 1. The molecule has 0 bridgehead atoms. The van der Waals surface area contributed by atoms with Crippen molar-refractivity contribution in [2.45, 2.75) is 13.8 Å². The smallest absolute Gasteiger partial charge is 0.434 e. The van der Waals surface area contributed by atoms with Crippen molar-refractivity contribution < 1.29 is 23.9 Å². The van der Waals surface area contributed by atoms with Crippen molar-refractivity contribution in [1.82, 2.24) is 9.78 Å². The van der Waals surface area contributed by atoms with Gasteiger partial charge >= 0.3 is 6.16 Å². The molecule has 0 saturated carbocycles. The predicted octanol–water partition coefficient (Wildman–Crippen LogP) is 3.78. The molecule has 0 aliphatic carbocycles. The van der Waals surface area contributed by atoms with E-state index in [1.165, 1.54) is 4.68 Å². The van der Waals surface area contributed by atoms with Crippen molar-refractivity contribution in [3.63, 3.8) is 0 Å². The molecule has 8 nitrogen and oxygen atoms in total. The Kier molecular flexibility index (Phi) is 6.03. The van der Waals surface area contributed by atoms with Crippen LogP contribution in [0, 0.1) is 6.92 Å². The molecule has 1 aromatic heterocycles. The van der Waals surface area contributed by atoms with Crippen molar-refractivity contribution in [3.8, 4) is 11.6 Å². The summed E-state index contributed by atoms with van der Waals surface area (Å²) in [5, 5.41) is 7.05. The van der Waals surface area contributed by atoms with Gasteiger partial charge in [-0.25, -0.2) is 9.48 Å². The van der Waals surface area contributed by atoms with Crippen LogP contribution in [0.5, 0.6) is 5.88 Å². The zero-order valence-electron chi connectivity index (χ0n) is 15.9. The van der Waals surface area contributed by atoms with E-state index in [1.54, 1.807) is 68.4 Å². The van der Waals surface area contributed by atoms with Gasteiger partial charge in [0.1, 0.15) is 6.29 Å². The summed E-state index contributed by atoms with van der Waals surface area (Å²) in [6.45, 7) is 3.65. The van der Waals surface area contributed by atoms with Crippen LogP contribution in [-0.4, -0.2) is 34.7 Å². The van der Waals surface area contributed by atoms with Gasteiger partial charge in [-0.1, -0.05) is 12.1 Å². The molecule has 0 aliphatic rings. The first kappa shape index (κ1) is 19.8. The number of nitrogens with one attached hydrogen (secondary N) is 1. The van der Waals surface area contributed by atoms with Crippen LogP contribution in [0.2, 0.25) is 0 Å². The maximum absolute atomic E-state index is 12.4. The lowest BCUT2D eigenvalue weighted by molar-refractivity contribution is 0.101. The van der Waals surface area contributed by atoms with E-state index in [4.69, 9.17) is 9.47 Å². The highest BCUT2D eigenvalue weighted by atomic mass is 16.7. The average Bonchev–Trinajstić information content (AvgIpc) is 3.08. The minimum atomic E-state index is -0.817. The number of carbonyl (C=O) groups is 3. The summed E-state index contributed by atoms with van der Waals surface area (Å²) < 4.78 is 11.4. The molecule has 0 fully saturated rings. The lowest BCUT2D eigenvalue weighted by Crippen LogP contribution is -2.14. The maximum atomic E-state index is 12.4. The highest BCUT2D eigenvalue weighted by Gasteiger charge is 2.14. The molecule has 0 spiro atoms. The topological polar surface area (TPSA) is 99.5 Å². The SMILES string of the molecule is CCOC(=O)Oc1cc(C)nn1-c1ccc(C(=O)Nc2cccc(C=O)c2)cc1. The molecule has 0 unspecified atom stereocenters. The van der Waals surface area contributed by atoms with Gasteiger partial charge in [-0.2, -0.15) is 5.10 Å². The van der Waals surface area contributed by atoms with Gasteiger partial charge in [0.2, 0.25) is 5.88 Å². The lowest BCUT2D eigenvalue weighted by atomic mass is 10.1. The van der Waals surface area contributed by atoms with Crippen LogP contribution >= 0.6 is 0 Å². The number of aromatic nitrogens is 2. The van der Waals surface area contributed by atoms with Crippen LogP contribution in [0.4, 0.5) is 10.5 Å². The second-order valence-corrected chi connectivity index (χ2v) is 6.07. The third-order valence-corrected chi connectivity index (χ3v) is 3.90. The lowest BCUT2D eigenvalue weighted by Gasteiger charge is -2.09. The van der Waals surface area contributed by atoms with Crippen LogP contribution in [0.15, 0.2) is 54.6 Å². The van der Waals surface area contributed by atoms with Gasteiger partial charge in [0.05, 0.1) is 18.0 Å². The van der Waals surface area contributed by atoms with E-state index in [-0.39, 0.29) is 18.4 Å². The number of nitrogens with zero attached hydrogens (tertiary/aromatic N) is 2. The fourth-order valence-corrected chi connectivity index (χ4v) is 2.61. The first-order valence-electron chi connectivity index (χ1n) is 8.88. The van der Waals surface area contributed by atoms with E-state index in [0.717, 1.165) is 0 Å². The number of aryl methyl sites for hydroxylation is 1. The van der Waals surface area contributed by atoms with Crippen molar-refractivity contribution in [1.29, 1.82) is 0 Å². The quantitative estimate of drug-likeness (QED) is 0.505. The summed E-state index contributed by atoms with van der Waals surface area (Å²) in [6.07, 6.45) is -0.103. The maximum Gasteiger partial charge on any atom is 0.515 e. The highest BCUT2D eigenvalue weighted by Crippen LogP contribution is 2.21. The second kappa shape index (κ2) is 8.83. The number of rotatable bonds is 6. The molecule has 1 N–H and O–H groups in total. The van der Waals surface area contributed by atoms with E-state index >= 15 is 0 Å². The van der Waals surface area contributed by atoms with Crippen molar-refractivity contribution >= 4 is 24.0 Å². The number of hydrogen-bond acceptors (Lipinski definition) is 6. The highest BCUT2D eigenvalue weighted by molar-refractivity contribution is 6.04.